The Balaban J connectivity index is 1.63. The lowest BCUT2D eigenvalue weighted by Crippen LogP contribution is -2.47. The fourth-order valence-electron chi connectivity index (χ4n) is 6.03. The maximum absolute atomic E-state index is 13.9. The molecule has 4 rings (SSSR count). The molecule has 0 saturated carbocycles. The van der Waals surface area contributed by atoms with Crippen molar-refractivity contribution < 1.29 is 24.5 Å². The van der Waals surface area contributed by atoms with E-state index in [0.29, 0.717) is 12.8 Å². The number of carbonyl (C=O) groups excluding carboxylic acids is 2. The van der Waals surface area contributed by atoms with Crippen LogP contribution in [0.1, 0.15) is 91.7 Å². The number of hydrogen-bond acceptors (Lipinski definition) is 6. The lowest BCUT2D eigenvalue weighted by atomic mass is 9.71. The number of aliphatic hydroxyl groups excluding tert-OH is 2. The number of ether oxygens (including phenoxy) is 1. The van der Waals surface area contributed by atoms with E-state index in [2.05, 4.69) is 17.2 Å². The van der Waals surface area contributed by atoms with E-state index in [1.165, 1.54) is 0 Å². The molecule has 0 aliphatic carbocycles. The van der Waals surface area contributed by atoms with Gasteiger partial charge < -0.3 is 20.3 Å². The summed E-state index contributed by atoms with van der Waals surface area (Å²) in [6, 6.07) is 9.59. The highest BCUT2D eigenvalue weighted by atomic mass is 16.6. The van der Waals surface area contributed by atoms with Gasteiger partial charge in [-0.25, -0.2) is 0 Å². The first-order valence-electron chi connectivity index (χ1n) is 14.7. The summed E-state index contributed by atoms with van der Waals surface area (Å²) in [5.74, 6) is -1.30. The Labute approximate surface area is 238 Å². The first-order valence-corrected chi connectivity index (χ1v) is 14.7. The SMILES string of the molecule is CC(C)=CC[C@H]1C(=O)C(C)(C)[C@@H](O)CC(=O)N[C@H](c2ccc3cccnc3c2)CC2OC2(C)CCC[C@H](C)[C@H]1O. The van der Waals surface area contributed by atoms with Crippen molar-refractivity contribution >= 4 is 22.6 Å². The second-order valence-corrected chi connectivity index (χ2v) is 13.0. The highest BCUT2D eigenvalue weighted by Crippen LogP contribution is 2.46. The summed E-state index contributed by atoms with van der Waals surface area (Å²) < 4.78 is 6.18. The van der Waals surface area contributed by atoms with Crippen LogP contribution in [-0.2, 0) is 14.3 Å². The fraction of sp³-hybridized carbons (Fsp3) is 0.606. The Bertz CT molecular complexity index is 1250. The number of amides is 1. The number of benzene rings is 1. The number of Topliss-reactive ketones (excluding diaryl/α,β-unsaturated/α-hetero) is 1. The smallest absolute Gasteiger partial charge is 0.223 e. The van der Waals surface area contributed by atoms with E-state index in [1.54, 1.807) is 20.0 Å². The van der Waals surface area contributed by atoms with Crippen molar-refractivity contribution in [2.45, 2.75) is 110 Å². The third kappa shape index (κ3) is 6.81. The number of aliphatic hydroxyl groups is 2. The van der Waals surface area contributed by atoms with E-state index in [0.717, 1.165) is 41.3 Å². The molecule has 3 N–H and O–H groups in total. The molecule has 0 bridgehead atoms. The lowest BCUT2D eigenvalue weighted by molar-refractivity contribution is -0.144. The number of nitrogens with zero attached hydrogens (tertiary/aromatic N) is 1. The summed E-state index contributed by atoms with van der Waals surface area (Å²) in [7, 11) is 0. The molecule has 1 amide bonds. The van der Waals surface area contributed by atoms with Crippen LogP contribution in [-0.4, -0.2) is 50.8 Å². The van der Waals surface area contributed by atoms with Crippen LogP contribution in [0, 0.1) is 17.3 Å². The average Bonchev–Trinajstić information content (AvgIpc) is 3.55. The standard InChI is InChI=1S/C33H46N2O5/c1-20(2)11-14-24-30(38)21(3)9-7-15-33(6)28(40-33)18-26(23-13-12-22-10-8-16-34-25(22)17-23)35-29(37)19-27(36)32(4,5)31(24)39/h8,10-13,16-17,21,24,26-28,30,36,38H,7,9,14-15,18-19H2,1-6H3,(H,35,37)/t21-,24+,26-,27-,28?,30+,33?/m0/s1. The number of nitrogens with one attached hydrogen (secondary N) is 1. The molecule has 7 atom stereocenters. The van der Waals surface area contributed by atoms with Crippen LogP contribution in [0.5, 0.6) is 0 Å². The third-order valence-corrected chi connectivity index (χ3v) is 9.14. The molecule has 2 aromatic rings. The largest absolute Gasteiger partial charge is 0.392 e. The van der Waals surface area contributed by atoms with Gasteiger partial charge in [-0.15, -0.1) is 0 Å². The monoisotopic (exact) mass is 550 g/mol. The maximum Gasteiger partial charge on any atom is 0.223 e. The van der Waals surface area contributed by atoms with Gasteiger partial charge in [-0.1, -0.05) is 57.0 Å². The number of hydrogen-bond donors (Lipinski definition) is 3. The minimum atomic E-state index is -1.21. The summed E-state index contributed by atoms with van der Waals surface area (Å²) in [5, 5.41) is 26.7. The maximum atomic E-state index is 13.9. The summed E-state index contributed by atoms with van der Waals surface area (Å²) in [5.41, 5.74) is 1.34. The van der Waals surface area contributed by atoms with Gasteiger partial charge in [-0.3, -0.25) is 14.6 Å². The van der Waals surface area contributed by atoms with Crippen molar-refractivity contribution in [3.63, 3.8) is 0 Å². The van der Waals surface area contributed by atoms with Crippen LogP contribution in [0.4, 0.5) is 0 Å². The lowest BCUT2D eigenvalue weighted by Gasteiger charge is -2.36. The third-order valence-electron chi connectivity index (χ3n) is 9.14. The molecule has 7 nitrogen and oxygen atoms in total. The molecule has 218 valence electrons. The zero-order chi connectivity index (χ0) is 29.2. The summed E-state index contributed by atoms with van der Waals surface area (Å²) in [6.07, 6.45) is 4.91. The molecular weight excluding hydrogens is 504 g/mol. The molecule has 2 saturated heterocycles. The van der Waals surface area contributed by atoms with Crippen LogP contribution in [0.2, 0.25) is 0 Å². The van der Waals surface area contributed by atoms with Crippen molar-refractivity contribution in [3.05, 3.63) is 53.7 Å². The summed E-state index contributed by atoms with van der Waals surface area (Å²) in [6.45, 7) is 11.4. The van der Waals surface area contributed by atoms with Gasteiger partial charge in [0, 0.05) is 23.9 Å². The predicted octanol–water partition coefficient (Wildman–Crippen LogP) is 5.44. The molecule has 2 unspecified atom stereocenters. The van der Waals surface area contributed by atoms with Gasteiger partial charge in [0.25, 0.3) is 0 Å². The van der Waals surface area contributed by atoms with Gasteiger partial charge in [0.15, 0.2) is 0 Å². The van der Waals surface area contributed by atoms with Gasteiger partial charge in [0.2, 0.25) is 5.91 Å². The normalized spacial score (nSPS) is 33.6. The van der Waals surface area contributed by atoms with E-state index >= 15 is 0 Å². The van der Waals surface area contributed by atoms with Crippen molar-refractivity contribution in [2.75, 3.05) is 0 Å². The summed E-state index contributed by atoms with van der Waals surface area (Å²) >= 11 is 0. The highest BCUT2D eigenvalue weighted by molar-refractivity contribution is 5.89. The van der Waals surface area contributed by atoms with Crippen LogP contribution in [0.3, 0.4) is 0 Å². The number of aromatic nitrogens is 1. The van der Waals surface area contributed by atoms with Crippen molar-refractivity contribution in [1.29, 1.82) is 0 Å². The molecule has 40 heavy (non-hydrogen) atoms. The Morgan fingerprint density at radius 3 is 2.65 bits per heavy atom. The topological polar surface area (TPSA) is 112 Å². The van der Waals surface area contributed by atoms with Crippen molar-refractivity contribution in [1.82, 2.24) is 10.3 Å². The van der Waals surface area contributed by atoms with Crippen LogP contribution >= 0.6 is 0 Å². The van der Waals surface area contributed by atoms with E-state index in [4.69, 9.17) is 4.74 Å². The van der Waals surface area contributed by atoms with Crippen LogP contribution in [0.25, 0.3) is 10.9 Å². The molecule has 3 heterocycles. The number of allylic oxidation sites excluding steroid dienone is 2. The van der Waals surface area contributed by atoms with E-state index in [1.807, 2.05) is 57.2 Å². The predicted molar refractivity (Wildman–Crippen MR) is 156 cm³/mol. The number of ketones is 1. The second kappa shape index (κ2) is 12.1. The minimum absolute atomic E-state index is 0.0151. The molecule has 0 radical (unpaired) electrons. The molecule has 0 spiro atoms. The zero-order valence-corrected chi connectivity index (χ0v) is 24.8. The minimum Gasteiger partial charge on any atom is -0.392 e. The number of carbonyl (C=O) groups is 2. The molecule has 2 aliphatic heterocycles. The van der Waals surface area contributed by atoms with Gasteiger partial charge in [0.05, 0.1) is 47.3 Å². The molecule has 1 aromatic carbocycles. The van der Waals surface area contributed by atoms with E-state index < -0.39 is 23.5 Å². The van der Waals surface area contributed by atoms with Crippen molar-refractivity contribution in [2.24, 2.45) is 17.3 Å². The Morgan fingerprint density at radius 1 is 1.18 bits per heavy atom. The fourth-order valence-corrected chi connectivity index (χ4v) is 6.03. The van der Waals surface area contributed by atoms with E-state index in [-0.39, 0.29) is 41.8 Å². The number of pyridine rings is 1. The Hall–Kier alpha value is -2.61. The quantitative estimate of drug-likeness (QED) is 0.347. The summed E-state index contributed by atoms with van der Waals surface area (Å²) in [4.78, 5) is 31.7. The van der Waals surface area contributed by atoms with Crippen LogP contribution in [0.15, 0.2) is 48.2 Å². The van der Waals surface area contributed by atoms with Gasteiger partial charge in [-0.05, 0) is 63.6 Å². The van der Waals surface area contributed by atoms with Gasteiger partial charge in [0.1, 0.15) is 5.78 Å². The van der Waals surface area contributed by atoms with Gasteiger partial charge in [-0.2, -0.15) is 0 Å². The first-order chi connectivity index (χ1) is 18.8. The second-order valence-electron chi connectivity index (χ2n) is 13.0. The van der Waals surface area contributed by atoms with Crippen molar-refractivity contribution in [3.8, 4) is 0 Å². The van der Waals surface area contributed by atoms with Gasteiger partial charge >= 0.3 is 0 Å². The molecule has 2 fully saturated rings. The number of rotatable bonds is 3. The number of fused-ring (bicyclic) bond motifs is 2. The Kier molecular flexibility index (Phi) is 9.18. The number of epoxide rings is 1. The molecular formula is C33H46N2O5. The highest BCUT2D eigenvalue weighted by Gasteiger charge is 2.52. The zero-order valence-electron chi connectivity index (χ0n) is 24.8. The molecule has 2 aliphatic rings. The first kappa shape index (κ1) is 30.4. The Morgan fingerprint density at radius 2 is 1.93 bits per heavy atom. The van der Waals surface area contributed by atoms with Crippen LogP contribution < -0.4 is 5.32 Å². The van der Waals surface area contributed by atoms with E-state index in [9.17, 15) is 19.8 Å². The molecule has 1 aromatic heterocycles. The average molecular weight is 551 g/mol. The molecule has 7 heteroatoms.